The van der Waals surface area contributed by atoms with Crippen molar-refractivity contribution >= 4 is 5.97 Å². The zero-order valence-corrected chi connectivity index (χ0v) is 9.76. The van der Waals surface area contributed by atoms with Crippen LogP contribution >= 0.6 is 0 Å². The smallest absolute Gasteiger partial charge is 0.303 e. The van der Waals surface area contributed by atoms with Gasteiger partial charge in [0.2, 0.25) is 0 Å². The van der Waals surface area contributed by atoms with Gasteiger partial charge in [-0.1, -0.05) is 18.2 Å². The van der Waals surface area contributed by atoms with Gasteiger partial charge in [0.05, 0.1) is 6.42 Å². The predicted molar refractivity (Wildman–Crippen MR) is 66.5 cm³/mol. The van der Waals surface area contributed by atoms with Crippen LogP contribution in [0.4, 0.5) is 0 Å². The summed E-state index contributed by atoms with van der Waals surface area (Å²) in [6.07, 6.45) is 0.717. The Balaban J connectivity index is 2.33. The van der Waals surface area contributed by atoms with Crippen LogP contribution in [0.2, 0.25) is 0 Å². The molecule has 0 aliphatic carbocycles. The van der Waals surface area contributed by atoms with Crippen molar-refractivity contribution in [3.05, 3.63) is 53.9 Å². The van der Waals surface area contributed by atoms with E-state index in [1.807, 2.05) is 49.4 Å². The van der Waals surface area contributed by atoms with Crippen molar-refractivity contribution in [2.75, 3.05) is 0 Å². The molecule has 0 spiro atoms. The van der Waals surface area contributed by atoms with E-state index >= 15 is 0 Å². The second-order valence-electron chi connectivity index (χ2n) is 4.03. The summed E-state index contributed by atoms with van der Waals surface area (Å²) in [5.41, 5.74) is 3.24. The summed E-state index contributed by atoms with van der Waals surface area (Å²) in [7, 11) is 0. The third kappa shape index (κ3) is 2.56. The Bertz CT molecular complexity index is 514. The summed E-state index contributed by atoms with van der Waals surface area (Å²) in [5.74, 6) is -0.761. The molecular formula is C14H15NO2. The molecule has 0 saturated heterocycles. The van der Waals surface area contributed by atoms with Crippen LogP contribution in [0.15, 0.2) is 42.5 Å². The third-order valence-electron chi connectivity index (χ3n) is 2.77. The summed E-state index contributed by atoms with van der Waals surface area (Å²) in [6, 6.07) is 14.0. The fraction of sp³-hybridized carbons (Fsp3) is 0.214. The van der Waals surface area contributed by atoms with Gasteiger partial charge in [0.15, 0.2) is 0 Å². The molecule has 3 nitrogen and oxygen atoms in total. The molecule has 17 heavy (non-hydrogen) atoms. The minimum atomic E-state index is -0.761. The average Bonchev–Trinajstić information content (AvgIpc) is 2.69. The lowest BCUT2D eigenvalue weighted by Crippen LogP contribution is -2.05. The maximum atomic E-state index is 10.6. The van der Waals surface area contributed by atoms with Crippen LogP contribution in [0, 0.1) is 6.92 Å². The molecule has 3 heteroatoms. The van der Waals surface area contributed by atoms with E-state index in [4.69, 9.17) is 5.11 Å². The summed E-state index contributed by atoms with van der Waals surface area (Å²) in [4.78, 5) is 10.6. The van der Waals surface area contributed by atoms with Crippen LogP contribution in [0.25, 0.3) is 5.69 Å². The van der Waals surface area contributed by atoms with Crippen LogP contribution in [0.3, 0.4) is 0 Å². The zero-order chi connectivity index (χ0) is 12.3. The van der Waals surface area contributed by atoms with Gasteiger partial charge in [-0.15, -0.1) is 0 Å². The number of para-hydroxylation sites is 1. The van der Waals surface area contributed by atoms with E-state index in [0.29, 0.717) is 6.42 Å². The number of aryl methyl sites for hydroxylation is 2. The van der Waals surface area contributed by atoms with Crippen molar-refractivity contribution in [2.24, 2.45) is 0 Å². The number of carboxylic acids is 1. The number of rotatable bonds is 4. The number of carboxylic acid groups (broad SMARTS) is 1. The van der Waals surface area contributed by atoms with Gasteiger partial charge in [0.1, 0.15) is 0 Å². The van der Waals surface area contributed by atoms with E-state index in [2.05, 4.69) is 4.57 Å². The lowest BCUT2D eigenvalue weighted by Gasteiger charge is -2.11. The molecule has 0 bridgehead atoms. The van der Waals surface area contributed by atoms with Crippen molar-refractivity contribution in [1.82, 2.24) is 4.57 Å². The molecule has 2 rings (SSSR count). The van der Waals surface area contributed by atoms with Gasteiger partial charge in [0, 0.05) is 17.1 Å². The first kappa shape index (κ1) is 11.5. The summed E-state index contributed by atoms with van der Waals surface area (Å²) in [5, 5.41) is 8.73. The Labute approximate surface area is 100 Å². The van der Waals surface area contributed by atoms with Crippen molar-refractivity contribution in [3.8, 4) is 5.69 Å². The normalized spacial score (nSPS) is 10.4. The Morgan fingerprint density at radius 3 is 2.53 bits per heavy atom. The highest BCUT2D eigenvalue weighted by atomic mass is 16.4. The molecule has 0 fully saturated rings. The summed E-state index contributed by atoms with van der Waals surface area (Å²) >= 11 is 0. The van der Waals surface area contributed by atoms with Crippen LogP contribution in [0.5, 0.6) is 0 Å². The van der Waals surface area contributed by atoms with Gasteiger partial charge in [-0.25, -0.2) is 0 Å². The van der Waals surface area contributed by atoms with E-state index in [1.165, 1.54) is 0 Å². The minimum Gasteiger partial charge on any atom is -0.481 e. The number of hydrogen-bond donors (Lipinski definition) is 1. The first-order valence-corrected chi connectivity index (χ1v) is 5.63. The predicted octanol–water partition coefficient (Wildman–Crippen LogP) is 2.80. The molecule has 88 valence electrons. The second-order valence-corrected chi connectivity index (χ2v) is 4.03. The van der Waals surface area contributed by atoms with E-state index in [9.17, 15) is 4.79 Å². The lowest BCUT2D eigenvalue weighted by atomic mass is 10.2. The van der Waals surface area contributed by atoms with Gasteiger partial charge in [-0.3, -0.25) is 4.79 Å². The van der Waals surface area contributed by atoms with Gasteiger partial charge >= 0.3 is 5.97 Å². The standard InChI is InChI=1S/C14H15NO2/c1-11-7-8-13(9-10-14(16)17)15(11)12-5-3-2-4-6-12/h2-8H,9-10H2,1H3,(H,16,17). The van der Waals surface area contributed by atoms with Crippen LogP contribution in [0.1, 0.15) is 17.8 Å². The molecule has 1 aromatic heterocycles. The molecule has 0 radical (unpaired) electrons. The third-order valence-corrected chi connectivity index (χ3v) is 2.77. The molecular weight excluding hydrogens is 214 g/mol. The molecule has 0 aliphatic rings. The van der Waals surface area contributed by atoms with Crippen LogP contribution in [-0.4, -0.2) is 15.6 Å². The molecule has 0 unspecified atom stereocenters. The Morgan fingerprint density at radius 2 is 1.88 bits per heavy atom. The first-order chi connectivity index (χ1) is 8.18. The highest BCUT2D eigenvalue weighted by molar-refractivity contribution is 5.67. The maximum Gasteiger partial charge on any atom is 0.303 e. The number of aliphatic carboxylic acids is 1. The molecule has 0 atom stereocenters. The molecule has 0 aliphatic heterocycles. The average molecular weight is 229 g/mol. The maximum absolute atomic E-state index is 10.6. The minimum absolute atomic E-state index is 0.163. The zero-order valence-electron chi connectivity index (χ0n) is 9.76. The Kier molecular flexibility index (Phi) is 3.28. The van der Waals surface area contributed by atoms with E-state index in [1.54, 1.807) is 0 Å². The van der Waals surface area contributed by atoms with Crippen LogP contribution in [-0.2, 0) is 11.2 Å². The molecule has 0 saturated carbocycles. The molecule has 1 heterocycles. The molecule has 1 N–H and O–H groups in total. The van der Waals surface area contributed by atoms with Crippen molar-refractivity contribution in [3.63, 3.8) is 0 Å². The number of aromatic nitrogens is 1. The number of carbonyl (C=O) groups is 1. The molecule has 0 amide bonds. The quantitative estimate of drug-likeness (QED) is 0.876. The topological polar surface area (TPSA) is 42.2 Å². The second kappa shape index (κ2) is 4.87. The SMILES string of the molecule is Cc1ccc(CCC(=O)O)n1-c1ccccc1. The fourth-order valence-corrected chi connectivity index (χ4v) is 1.97. The summed E-state index contributed by atoms with van der Waals surface area (Å²) < 4.78 is 2.10. The van der Waals surface area contributed by atoms with E-state index in [-0.39, 0.29) is 6.42 Å². The largest absolute Gasteiger partial charge is 0.481 e. The van der Waals surface area contributed by atoms with Gasteiger partial charge in [-0.2, -0.15) is 0 Å². The van der Waals surface area contributed by atoms with E-state index in [0.717, 1.165) is 17.1 Å². The molecule has 1 aromatic carbocycles. The van der Waals surface area contributed by atoms with Gasteiger partial charge < -0.3 is 9.67 Å². The highest BCUT2D eigenvalue weighted by Gasteiger charge is 2.08. The van der Waals surface area contributed by atoms with E-state index < -0.39 is 5.97 Å². The van der Waals surface area contributed by atoms with Gasteiger partial charge in [-0.05, 0) is 37.6 Å². The first-order valence-electron chi connectivity index (χ1n) is 5.63. The molecule has 2 aromatic rings. The van der Waals surface area contributed by atoms with Crippen LogP contribution < -0.4 is 0 Å². The number of hydrogen-bond acceptors (Lipinski definition) is 1. The highest BCUT2D eigenvalue weighted by Crippen LogP contribution is 2.17. The number of benzene rings is 1. The number of nitrogens with zero attached hydrogens (tertiary/aromatic N) is 1. The fourth-order valence-electron chi connectivity index (χ4n) is 1.97. The Hall–Kier alpha value is -2.03. The van der Waals surface area contributed by atoms with Crippen molar-refractivity contribution in [2.45, 2.75) is 19.8 Å². The lowest BCUT2D eigenvalue weighted by molar-refractivity contribution is -0.136. The van der Waals surface area contributed by atoms with Crippen molar-refractivity contribution in [1.29, 1.82) is 0 Å². The summed E-state index contributed by atoms with van der Waals surface area (Å²) in [6.45, 7) is 2.03. The van der Waals surface area contributed by atoms with Gasteiger partial charge in [0.25, 0.3) is 0 Å². The van der Waals surface area contributed by atoms with Crippen molar-refractivity contribution < 1.29 is 9.90 Å². The monoisotopic (exact) mass is 229 g/mol. The Morgan fingerprint density at radius 1 is 1.18 bits per heavy atom.